The molecule has 5 heteroatoms. The standard InChI is InChI=1S/C16H23NO4/c1-11-9-12(2)16(13(3)10-11)17-14(18)5-6-15(19)21-8-7-20-4/h9-10H,5-8H2,1-4H3,(H,17,18). The van der Waals surface area contributed by atoms with Crippen molar-refractivity contribution in [1.82, 2.24) is 0 Å². The minimum absolute atomic E-state index is 0.0690. The summed E-state index contributed by atoms with van der Waals surface area (Å²) >= 11 is 0. The average Bonchev–Trinajstić information content (AvgIpc) is 2.41. The van der Waals surface area contributed by atoms with Gasteiger partial charge in [-0.1, -0.05) is 17.7 Å². The molecule has 1 N–H and O–H groups in total. The van der Waals surface area contributed by atoms with Gasteiger partial charge in [0.05, 0.1) is 13.0 Å². The fourth-order valence-corrected chi connectivity index (χ4v) is 2.11. The molecule has 1 aromatic rings. The van der Waals surface area contributed by atoms with Gasteiger partial charge < -0.3 is 14.8 Å². The van der Waals surface area contributed by atoms with Crippen LogP contribution in [0.25, 0.3) is 0 Å². The predicted octanol–water partition coefficient (Wildman–Crippen LogP) is 2.52. The van der Waals surface area contributed by atoms with Crippen LogP contribution in [0.1, 0.15) is 29.5 Å². The van der Waals surface area contributed by atoms with Crippen LogP contribution in [-0.4, -0.2) is 32.2 Å². The fraction of sp³-hybridized carbons (Fsp3) is 0.500. The zero-order valence-corrected chi connectivity index (χ0v) is 13.1. The monoisotopic (exact) mass is 293 g/mol. The Labute approximate surface area is 125 Å². The fourth-order valence-electron chi connectivity index (χ4n) is 2.11. The van der Waals surface area contributed by atoms with Crippen LogP contribution < -0.4 is 5.32 Å². The van der Waals surface area contributed by atoms with Crippen molar-refractivity contribution in [3.63, 3.8) is 0 Å². The van der Waals surface area contributed by atoms with Crippen LogP contribution in [0.4, 0.5) is 5.69 Å². The number of esters is 1. The lowest BCUT2D eigenvalue weighted by Crippen LogP contribution is -2.17. The van der Waals surface area contributed by atoms with Gasteiger partial charge in [-0.3, -0.25) is 9.59 Å². The second kappa shape index (κ2) is 8.42. The lowest BCUT2D eigenvalue weighted by Gasteiger charge is -2.12. The van der Waals surface area contributed by atoms with Gasteiger partial charge >= 0.3 is 5.97 Å². The number of carbonyl (C=O) groups is 2. The number of amides is 1. The van der Waals surface area contributed by atoms with E-state index in [-0.39, 0.29) is 31.3 Å². The Bertz CT molecular complexity index is 488. The summed E-state index contributed by atoms with van der Waals surface area (Å²) in [5, 5.41) is 2.86. The van der Waals surface area contributed by atoms with Crippen LogP contribution in [0, 0.1) is 20.8 Å². The van der Waals surface area contributed by atoms with Crippen LogP contribution in [0.5, 0.6) is 0 Å². The van der Waals surface area contributed by atoms with E-state index in [0.717, 1.165) is 22.4 Å². The van der Waals surface area contributed by atoms with E-state index in [1.807, 2.05) is 32.9 Å². The van der Waals surface area contributed by atoms with Crippen molar-refractivity contribution in [1.29, 1.82) is 0 Å². The van der Waals surface area contributed by atoms with Gasteiger partial charge in [0.25, 0.3) is 0 Å². The quantitative estimate of drug-likeness (QED) is 0.620. The molecule has 1 amide bonds. The minimum Gasteiger partial charge on any atom is -0.463 e. The molecular formula is C16H23NO4. The minimum atomic E-state index is -0.389. The van der Waals surface area contributed by atoms with E-state index in [9.17, 15) is 9.59 Å². The maximum Gasteiger partial charge on any atom is 0.306 e. The molecule has 116 valence electrons. The van der Waals surface area contributed by atoms with Crippen molar-refractivity contribution in [2.45, 2.75) is 33.6 Å². The van der Waals surface area contributed by atoms with Crippen molar-refractivity contribution in [2.24, 2.45) is 0 Å². The first-order valence-corrected chi connectivity index (χ1v) is 6.96. The molecule has 21 heavy (non-hydrogen) atoms. The summed E-state index contributed by atoms with van der Waals surface area (Å²) in [6.07, 6.45) is 0.179. The van der Waals surface area contributed by atoms with E-state index in [1.54, 1.807) is 0 Å². The molecule has 0 atom stereocenters. The number of rotatable bonds is 7. The Kier molecular flexibility index (Phi) is 6.88. The number of benzene rings is 1. The highest BCUT2D eigenvalue weighted by Crippen LogP contribution is 2.22. The number of nitrogens with one attached hydrogen (secondary N) is 1. The highest BCUT2D eigenvalue weighted by atomic mass is 16.6. The second-order valence-corrected chi connectivity index (χ2v) is 5.04. The summed E-state index contributed by atoms with van der Waals surface area (Å²) < 4.78 is 9.68. The predicted molar refractivity (Wildman–Crippen MR) is 81.4 cm³/mol. The molecule has 0 aromatic heterocycles. The smallest absolute Gasteiger partial charge is 0.306 e. The zero-order valence-electron chi connectivity index (χ0n) is 13.1. The molecule has 1 rings (SSSR count). The summed E-state index contributed by atoms with van der Waals surface area (Å²) in [6, 6.07) is 4.03. The number of hydrogen-bond acceptors (Lipinski definition) is 4. The molecule has 0 radical (unpaired) electrons. The number of carbonyl (C=O) groups excluding carboxylic acids is 2. The molecule has 1 aromatic carbocycles. The average molecular weight is 293 g/mol. The summed E-state index contributed by atoms with van der Waals surface area (Å²) in [5.41, 5.74) is 4.01. The van der Waals surface area contributed by atoms with Crippen LogP contribution >= 0.6 is 0 Å². The van der Waals surface area contributed by atoms with Gasteiger partial charge in [0, 0.05) is 19.2 Å². The van der Waals surface area contributed by atoms with Crippen molar-refractivity contribution >= 4 is 17.6 Å². The normalized spacial score (nSPS) is 10.3. The van der Waals surface area contributed by atoms with Crippen LogP contribution in [-0.2, 0) is 19.1 Å². The molecular weight excluding hydrogens is 270 g/mol. The molecule has 5 nitrogen and oxygen atoms in total. The Hall–Kier alpha value is -1.88. The molecule has 0 spiro atoms. The highest BCUT2D eigenvalue weighted by molar-refractivity contribution is 5.94. The van der Waals surface area contributed by atoms with E-state index in [2.05, 4.69) is 5.32 Å². The van der Waals surface area contributed by atoms with Crippen LogP contribution in [0.15, 0.2) is 12.1 Å². The maximum atomic E-state index is 11.9. The van der Waals surface area contributed by atoms with Crippen LogP contribution in [0.2, 0.25) is 0 Å². The molecule has 0 bridgehead atoms. The van der Waals surface area contributed by atoms with Crippen molar-refractivity contribution < 1.29 is 19.1 Å². The van der Waals surface area contributed by atoms with Gasteiger partial charge in [-0.15, -0.1) is 0 Å². The number of anilines is 1. The first kappa shape index (κ1) is 17.2. The Morgan fingerprint density at radius 2 is 1.67 bits per heavy atom. The van der Waals surface area contributed by atoms with Gasteiger partial charge in [0.1, 0.15) is 6.61 Å². The lowest BCUT2D eigenvalue weighted by atomic mass is 10.0. The summed E-state index contributed by atoms with van der Waals surface area (Å²) in [6.45, 7) is 6.50. The second-order valence-electron chi connectivity index (χ2n) is 5.04. The maximum absolute atomic E-state index is 11.9. The van der Waals surface area contributed by atoms with Gasteiger partial charge in [0.15, 0.2) is 0 Å². The molecule has 0 aliphatic heterocycles. The van der Waals surface area contributed by atoms with Gasteiger partial charge in [-0.2, -0.15) is 0 Å². The first-order chi connectivity index (χ1) is 9.93. The van der Waals surface area contributed by atoms with E-state index < -0.39 is 0 Å². The van der Waals surface area contributed by atoms with E-state index in [4.69, 9.17) is 9.47 Å². The summed E-state index contributed by atoms with van der Waals surface area (Å²) in [7, 11) is 1.54. The molecule has 0 heterocycles. The number of aryl methyl sites for hydroxylation is 3. The summed E-state index contributed by atoms with van der Waals surface area (Å²) in [4.78, 5) is 23.3. The molecule has 0 saturated heterocycles. The highest BCUT2D eigenvalue weighted by Gasteiger charge is 2.11. The van der Waals surface area contributed by atoms with E-state index in [1.165, 1.54) is 7.11 Å². The lowest BCUT2D eigenvalue weighted by molar-refractivity contribution is -0.145. The molecule has 0 unspecified atom stereocenters. The third kappa shape index (κ3) is 5.95. The number of methoxy groups -OCH3 is 1. The number of hydrogen-bond donors (Lipinski definition) is 1. The summed E-state index contributed by atoms with van der Waals surface area (Å²) in [5.74, 6) is -0.576. The first-order valence-electron chi connectivity index (χ1n) is 6.96. The van der Waals surface area contributed by atoms with Gasteiger partial charge in [0.2, 0.25) is 5.91 Å². The van der Waals surface area contributed by atoms with Gasteiger partial charge in [-0.25, -0.2) is 0 Å². The third-order valence-electron chi connectivity index (χ3n) is 3.05. The van der Waals surface area contributed by atoms with E-state index in [0.29, 0.717) is 6.61 Å². The Morgan fingerprint density at radius 3 is 2.24 bits per heavy atom. The molecule has 0 aliphatic rings. The number of ether oxygens (including phenoxy) is 2. The molecule has 0 fully saturated rings. The van der Waals surface area contributed by atoms with E-state index >= 15 is 0 Å². The van der Waals surface area contributed by atoms with Gasteiger partial charge in [-0.05, 0) is 31.9 Å². The largest absolute Gasteiger partial charge is 0.463 e. The third-order valence-corrected chi connectivity index (χ3v) is 3.05. The van der Waals surface area contributed by atoms with Crippen molar-refractivity contribution in [3.05, 3.63) is 28.8 Å². The molecule has 0 aliphatic carbocycles. The topological polar surface area (TPSA) is 64.6 Å². The van der Waals surface area contributed by atoms with Crippen molar-refractivity contribution in [2.75, 3.05) is 25.6 Å². The van der Waals surface area contributed by atoms with Crippen molar-refractivity contribution in [3.8, 4) is 0 Å². The Balaban J connectivity index is 2.46. The zero-order chi connectivity index (χ0) is 15.8. The Morgan fingerprint density at radius 1 is 1.05 bits per heavy atom. The molecule has 0 saturated carbocycles. The SMILES string of the molecule is COCCOC(=O)CCC(=O)Nc1c(C)cc(C)cc1C. The van der Waals surface area contributed by atoms with Crippen LogP contribution in [0.3, 0.4) is 0 Å².